The number of imidazole rings is 1. The van der Waals surface area contributed by atoms with Gasteiger partial charge in [0.2, 0.25) is 0 Å². The molecular formula is C15H21HgN5O6. The molecule has 2 aromatic rings. The van der Waals surface area contributed by atoms with Crippen molar-refractivity contribution < 1.29 is 45.9 Å². The number of H-pyrrole nitrogens is 1. The van der Waals surface area contributed by atoms with Crippen LogP contribution in [-0.4, -0.2) is 61.1 Å². The zero-order chi connectivity index (χ0) is 19.4. The Hall–Kier alpha value is -1.85. The normalized spacial score (nSPS) is 14.8. The van der Waals surface area contributed by atoms with E-state index in [4.69, 9.17) is 4.74 Å². The number of fused-ring (bicyclic) bond motifs is 1. The van der Waals surface area contributed by atoms with E-state index in [9.17, 15) is 19.2 Å². The van der Waals surface area contributed by atoms with Crippen LogP contribution >= 0.6 is 0 Å². The fraction of sp³-hybridized carbons (Fsp3) is 0.533. The van der Waals surface area contributed by atoms with Gasteiger partial charge in [-0.15, -0.1) is 0 Å². The van der Waals surface area contributed by atoms with Crippen LogP contribution in [0.1, 0.15) is 12.8 Å². The Morgan fingerprint density at radius 1 is 1.19 bits per heavy atom. The number of carbonyl (C=O) groups is 2. The summed E-state index contributed by atoms with van der Waals surface area (Å²) < 4.78 is 8.54. The molecule has 144 valence electrons. The van der Waals surface area contributed by atoms with Crippen molar-refractivity contribution in [3.8, 4) is 0 Å². The minimum absolute atomic E-state index is 0. The third kappa shape index (κ3) is 4.90. The van der Waals surface area contributed by atoms with Gasteiger partial charge in [0.25, 0.3) is 5.56 Å². The first-order valence-electron chi connectivity index (χ1n) is 8.06. The number of methoxy groups -OCH3 is 1. The number of aromatic amines is 1. The van der Waals surface area contributed by atoms with Crippen LogP contribution in [0.2, 0.25) is 3.93 Å². The summed E-state index contributed by atoms with van der Waals surface area (Å²) in [5.41, 5.74) is 0.0119. The minimum Gasteiger partial charge on any atom is -0.870 e. The van der Waals surface area contributed by atoms with Crippen molar-refractivity contribution >= 4 is 23.0 Å². The molecule has 1 unspecified atom stereocenters. The number of imide groups is 1. The molecule has 1 aliphatic heterocycles. The van der Waals surface area contributed by atoms with E-state index in [1.165, 1.54) is 22.8 Å². The summed E-state index contributed by atoms with van der Waals surface area (Å²) in [6, 6.07) is 0. The molecule has 0 aliphatic carbocycles. The Bertz CT molecular complexity index is 913. The molecule has 11 nitrogen and oxygen atoms in total. The molecule has 2 amide bonds. The molecule has 0 aromatic carbocycles. The van der Waals surface area contributed by atoms with Gasteiger partial charge in [-0.1, -0.05) is 0 Å². The zero-order valence-electron chi connectivity index (χ0n) is 15.5. The van der Waals surface area contributed by atoms with Crippen molar-refractivity contribution in [2.45, 2.75) is 22.9 Å². The molecule has 3 rings (SSSR count). The topological polar surface area (TPSA) is 149 Å². The fourth-order valence-corrected chi connectivity index (χ4v) is 4.21. The molecule has 2 aromatic heterocycles. The summed E-state index contributed by atoms with van der Waals surface area (Å²) in [5.74, 6) is -0.0948. The Labute approximate surface area is 170 Å². The second kappa shape index (κ2) is 9.90. The van der Waals surface area contributed by atoms with Gasteiger partial charge in [-0.05, 0) is 0 Å². The maximum absolute atomic E-state index is 11.4. The first-order chi connectivity index (χ1) is 12.3. The number of nitrogens with one attached hydrogen (secondary N) is 1. The molecule has 3 heterocycles. The van der Waals surface area contributed by atoms with Gasteiger partial charge in [-0.25, -0.2) is 9.78 Å². The molecule has 1 aliphatic rings. The van der Waals surface area contributed by atoms with Gasteiger partial charge in [0, 0.05) is 14.1 Å². The van der Waals surface area contributed by atoms with Gasteiger partial charge < -0.3 is 10.5 Å². The molecular weight excluding hydrogens is 547 g/mol. The summed E-state index contributed by atoms with van der Waals surface area (Å²) in [4.78, 5) is 53.2. The van der Waals surface area contributed by atoms with Crippen molar-refractivity contribution in [2.75, 3.05) is 13.7 Å². The SMILES string of the molecule is COC([CH2][Hg+])CN1C(=O)CCC1=O.Cn1c(=O)c2[nH]cnc2n(C)c1=O.[OH-]. The summed E-state index contributed by atoms with van der Waals surface area (Å²) in [7, 11) is 4.64. The molecule has 27 heavy (non-hydrogen) atoms. The van der Waals surface area contributed by atoms with Crippen LogP contribution in [-0.2, 0) is 54.5 Å². The molecule has 0 bridgehead atoms. The van der Waals surface area contributed by atoms with E-state index in [2.05, 4.69) is 9.97 Å². The van der Waals surface area contributed by atoms with E-state index < -0.39 is 0 Å². The van der Waals surface area contributed by atoms with Crippen LogP contribution in [0.5, 0.6) is 0 Å². The third-order valence-corrected chi connectivity index (χ3v) is 6.73. The van der Waals surface area contributed by atoms with E-state index in [0.29, 0.717) is 56.7 Å². The molecule has 0 spiro atoms. The Morgan fingerprint density at radius 3 is 2.30 bits per heavy atom. The van der Waals surface area contributed by atoms with Gasteiger partial charge >= 0.3 is 99.4 Å². The van der Waals surface area contributed by atoms with Gasteiger partial charge in [0.1, 0.15) is 5.52 Å². The summed E-state index contributed by atoms with van der Waals surface area (Å²) in [6.45, 7) is 0.456. The maximum atomic E-state index is 11.4. The largest absolute Gasteiger partial charge is 0.870 e. The number of rotatable bonds is 4. The predicted molar refractivity (Wildman–Crippen MR) is 90.1 cm³/mol. The van der Waals surface area contributed by atoms with Crippen molar-refractivity contribution in [3.63, 3.8) is 0 Å². The first kappa shape index (κ1) is 23.2. The number of nitrogens with zero attached hydrogens (tertiary/aromatic N) is 4. The fourth-order valence-electron chi connectivity index (χ4n) is 2.58. The van der Waals surface area contributed by atoms with Crippen molar-refractivity contribution in [2.24, 2.45) is 14.1 Å². The summed E-state index contributed by atoms with van der Waals surface area (Å²) in [5, 5.41) is 0. The number of hydrogen-bond acceptors (Lipinski definition) is 7. The van der Waals surface area contributed by atoms with Gasteiger partial charge in [-0.2, -0.15) is 0 Å². The predicted octanol–water partition coefficient (Wildman–Crippen LogP) is -1.10. The number of ether oxygens (including phenoxy) is 1. The van der Waals surface area contributed by atoms with E-state index in [1.807, 2.05) is 0 Å². The van der Waals surface area contributed by atoms with Gasteiger partial charge in [-0.3, -0.25) is 13.9 Å². The number of aromatic nitrogens is 4. The van der Waals surface area contributed by atoms with Crippen LogP contribution in [0.4, 0.5) is 0 Å². The van der Waals surface area contributed by atoms with E-state index in [0.717, 1.165) is 8.50 Å². The Kier molecular flexibility index (Phi) is 8.50. The van der Waals surface area contributed by atoms with E-state index >= 15 is 0 Å². The van der Waals surface area contributed by atoms with Crippen LogP contribution in [0.3, 0.4) is 0 Å². The molecule has 1 atom stereocenters. The molecule has 0 saturated carbocycles. The van der Waals surface area contributed by atoms with Gasteiger partial charge in [0.05, 0.1) is 6.33 Å². The number of aryl methyl sites for hydroxylation is 1. The molecule has 0 radical (unpaired) electrons. The van der Waals surface area contributed by atoms with E-state index in [1.54, 1.807) is 14.2 Å². The summed E-state index contributed by atoms with van der Waals surface area (Å²) in [6.07, 6.45) is 2.21. The monoisotopic (exact) mass is 569 g/mol. The number of likely N-dealkylation sites (tertiary alicyclic amines) is 1. The van der Waals surface area contributed by atoms with Crippen molar-refractivity contribution in [1.29, 1.82) is 0 Å². The van der Waals surface area contributed by atoms with Gasteiger partial charge in [0.15, 0.2) is 5.65 Å². The van der Waals surface area contributed by atoms with Crippen LogP contribution in [0, 0.1) is 0 Å². The molecule has 1 fully saturated rings. The van der Waals surface area contributed by atoms with Crippen molar-refractivity contribution in [3.05, 3.63) is 27.2 Å². The first-order valence-corrected chi connectivity index (χ1v) is 11.9. The average molecular weight is 568 g/mol. The Balaban J connectivity index is 0.000000260. The molecule has 12 heteroatoms. The Morgan fingerprint density at radius 2 is 1.78 bits per heavy atom. The summed E-state index contributed by atoms with van der Waals surface area (Å²) >= 11 is 0.647. The maximum Gasteiger partial charge on any atom is 0.332 e. The third-order valence-electron chi connectivity index (χ3n) is 4.23. The smallest absolute Gasteiger partial charge is 0.332 e. The van der Waals surface area contributed by atoms with E-state index in [-0.39, 0.29) is 34.6 Å². The standard InChI is InChI=1S/C8H12NO3.C7H8N4O2.Hg.H2O/c1-6(12-2)5-9-7(10)3-4-8(9)11;1-10-5-4(8-3-9-5)6(12)11(2)7(10)13;;/h6H,1,3-5H2,2H3;3H,1-2H3,(H,8,9);;1H2/q;;+1;/p-1. The second-order valence-electron chi connectivity index (χ2n) is 5.85. The van der Waals surface area contributed by atoms with Crippen LogP contribution in [0.25, 0.3) is 11.2 Å². The molecule has 1 saturated heterocycles. The van der Waals surface area contributed by atoms with Crippen molar-refractivity contribution in [1.82, 2.24) is 24.0 Å². The molecule has 2 N–H and O–H groups in total. The average Bonchev–Trinajstić information content (AvgIpc) is 3.25. The number of carbonyl (C=O) groups excluding carboxylic acids is 2. The van der Waals surface area contributed by atoms with Crippen LogP contribution in [0.15, 0.2) is 15.9 Å². The minimum atomic E-state index is -0.371. The quantitative estimate of drug-likeness (QED) is 0.364. The van der Waals surface area contributed by atoms with Crippen LogP contribution < -0.4 is 11.2 Å². The second-order valence-corrected chi connectivity index (χ2v) is 8.10. The number of hydrogen-bond donors (Lipinski definition) is 1. The zero-order valence-corrected chi connectivity index (χ0v) is 21.0. The number of amides is 2.